The molecule has 0 aliphatic rings. The van der Waals surface area contributed by atoms with E-state index in [4.69, 9.17) is 22.1 Å². The van der Waals surface area contributed by atoms with Crippen molar-refractivity contribution in [2.75, 3.05) is 17.7 Å². The van der Waals surface area contributed by atoms with Gasteiger partial charge in [0.1, 0.15) is 11.6 Å². The average Bonchev–Trinajstić information content (AvgIpc) is 2.48. The second-order valence-electron chi connectivity index (χ2n) is 4.18. The number of pyridine rings is 1. The predicted molar refractivity (Wildman–Crippen MR) is 79.4 cm³/mol. The fourth-order valence-electron chi connectivity index (χ4n) is 1.60. The van der Waals surface area contributed by atoms with E-state index < -0.39 is 24.3 Å². The van der Waals surface area contributed by atoms with Crippen molar-refractivity contribution >= 4 is 35.0 Å². The van der Waals surface area contributed by atoms with E-state index in [2.05, 4.69) is 10.3 Å². The number of anilines is 2. The van der Waals surface area contributed by atoms with Crippen LogP contribution in [0.1, 0.15) is 10.4 Å². The van der Waals surface area contributed by atoms with Crippen LogP contribution in [0.2, 0.25) is 5.02 Å². The molecule has 8 heteroatoms. The van der Waals surface area contributed by atoms with Gasteiger partial charge in [-0.25, -0.2) is 14.2 Å². The first-order chi connectivity index (χ1) is 10.5. The molecule has 114 valence electrons. The molecule has 1 heterocycles. The van der Waals surface area contributed by atoms with E-state index in [1.807, 2.05) is 0 Å². The number of Topliss-reactive ketones (excluding diaryl/α,β-unsaturated/α-hetero) is 1. The number of ketones is 1. The zero-order chi connectivity index (χ0) is 16.1. The van der Waals surface area contributed by atoms with Gasteiger partial charge in [0.2, 0.25) is 5.78 Å². The lowest BCUT2D eigenvalue weighted by Gasteiger charge is -2.08. The van der Waals surface area contributed by atoms with Crippen molar-refractivity contribution in [1.82, 2.24) is 4.98 Å². The highest BCUT2D eigenvalue weighted by Gasteiger charge is 2.14. The third-order valence-electron chi connectivity index (χ3n) is 2.64. The molecule has 0 saturated carbocycles. The Balaban J connectivity index is 1.93. The molecular weight excluding hydrogens is 313 g/mol. The molecular formula is C14H11ClFN3O3. The lowest BCUT2D eigenvalue weighted by atomic mass is 10.2. The maximum absolute atomic E-state index is 13.5. The van der Waals surface area contributed by atoms with Crippen LogP contribution >= 0.6 is 11.6 Å². The summed E-state index contributed by atoms with van der Waals surface area (Å²) in [5.41, 5.74) is 5.57. The maximum Gasteiger partial charge on any atom is 0.412 e. The molecule has 0 aliphatic heterocycles. The first-order valence-corrected chi connectivity index (χ1v) is 6.47. The number of hydrogen-bond donors (Lipinski definition) is 2. The standard InChI is InChI=1S/C14H11ClFN3O3/c15-8-3-4-11(10(16)6-8)19-14(21)22-7-12(20)9-2-1-5-18-13(9)17/h1-6H,7H2,(H2,17,18)(H,19,21). The Morgan fingerprint density at radius 2 is 2.14 bits per heavy atom. The number of carbonyl (C=O) groups excluding carboxylic acids is 2. The average molecular weight is 324 g/mol. The molecule has 0 unspecified atom stereocenters. The number of hydrogen-bond acceptors (Lipinski definition) is 5. The Hall–Kier alpha value is -2.67. The molecule has 0 spiro atoms. The molecule has 1 aromatic carbocycles. The molecule has 0 radical (unpaired) electrons. The number of carbonyl (C=O) groups is 2. The van der Waals surface area contributed by atoms with Gasteiger partial charge in [0.05, 0.1) is 11.3 Å². The predicted octanol–water partition coefficient (Wildman–Crippen LogP) is 2.89. The number of amides is 1. The fraction of sp³-hybridized carbons (Fsp3) is 0.0714. The van der Waals surface area contributed by atoms with E-state index >= 15 is 0 Å². The first-order valence-electron chi connectivity index (χ1n) is 6.10. The first kappa shape index (κ1) is 15.7. The zero-order valence-electron chi connectivity index (χ0n) is 11.2. The van der Waals surface area contributed by atoms with Crippen LogP contribution in [0.15, 0.2) is 36.5 Å². The van der Waals surface area contributed by atoms with Crippen molar-refractivity contribution < 1.29 is 18.7 Å². The van der Waals surface area contributed by atoms with Crippen LogP contribution in [0.5, 0.6) is 0 Å². The Kier molecular flexibility index (Phi) is 4.90. The molecule has 0 fully saturated rings. The van der Waals surface area contributed by atoms with Crippen molar-refractivity contribution in [3.8, 4) is 0 Å². The van der Waals surface area contributed by atoms with Crippen LogP contribution in [0.25, 0.3) is 0 Å². The molecule has 0 saturated heterocycles. The van der Waals surface area contributed by atoms with Gasteiger partial charge < -0.3 is 10.5 Å². The lowest BCUT2D eigenvalue weighted by molar-refractivity contribution is 0.0864. The molecule has 1 amide bonds. The summed E-state index contributed by atoms with van der Waals surface area (Å²) >= 11 is 5.59. The molecule has 0 bridgehead atoms. The summed E-state index contributed by atoms with van der Waals surface area (Å²) in [4.78, 5) is 27.1. The van der Waals surface area contributed by atoms with E-state index in [1.54, 1.807) is 0 Å². The van der Waals surface area contributed by atoms with Gasteiger partial charge in [-0.2, -0.15) is 0 Å². The summed E-state index contributed by atoms with van der Waals surface area (Å²) < 4.78 is 18.2. The molecule has 1 aromatic heterocycles. The Morgan fingerprint density at radius 3 is 2.82 bits per heavy atom. The maximum atomic E-state index is 13.5. The molecule has 0 aliphatic carbocycles. The number of nitrogens with one attached hydrogen (secondary N) is 1. The summed E-state index contributed by atoms with van der Waals surface area (Å²) in [6.07, 6.45) is 0.459. The van der Waals surface area contributed by atoms with Crippen LogP contribution in [-0.4, -0.2) is 23.5 Å². The minimum absolute atomic E-state index is 0.0419. The minimum atomic E-state index is -0.975. The zero-order valence-corrected chi connectivity index (χ0v) is 11.9. The van der Waals surface area contributed by atoms with Crippen molar-refractivity contribution in [3.63, 3.8) is 0 Å². The van der Waals surface area contributed by atoms with Crippen molar-refractivity contribution in [2.24, 2.45) is 0 Å². The molecule has 2 rings (SSSR count). The summed E-state index contributed by atoms with van der Waals surface area (Å²) in [5, 5.41) is 2.36. The van der Waals surface area contributed by atoms with Gasteiger partial charge in [0.15, 0.2) is 6.61 Å². The van der Waals surface area contributed by atoms with Crippen molar-refractivity contribution in [2.45, 2.75) is 0 Å². The van der Waals surface area contributed by atoms with Crippen LogP contribution in [0.4, 0.5) is 20.7 Å². The number of nitrogens with zero attached hydrogens (tertiary/aromatic N) is 1. The highest BCUT2D eigenvalue weighted by molar-refractivity contribution is 6.30. The Morgan fingerprint density at radius 1 is 1.36 bits per heavy atom. The van der Waals surface area contributed by atoms with E-state index in [0.29, 0.717) is 0 Å². The highest BCUT2D eigenvalue weighted by Crippen LogP contribution is 2.19. The second kappa shape index (κ2) is 6.86. The van der Waals surface area contributed by atoms with Gasteiger partial charge in [-0.1, -0.05) is 11.6 Å². The van der Waals surface area contributed by atoms with Crippen LogP contribution < -0.4 is 11.1 Å². The number of rotatable bonds is 4. The Bertz CT molecular complexity index is 724. The van der Waals surface area contributed by atoms with Gasteiger partial charge in [0.25, 0.3) is 0 Å². The summed E-state index contributed by atoms with van der Waals surface area (Å²) in [7, 11) is 0. The van der Waals surface area contributed by atoms with E-state index in [-0.39, 0.29) is 22.1 Å². The smallest absolute Gasteiger partial charge is 0.412 e. The van der Waals surface area contributed by atoms with Gasteiger partial charge >= 0.3 is 6.09 Å². The quantitative estimate of drug-likeness (QED) is 0.844. The van der Waals surface area contributed by atoms with E-state index in [0.717, 1.165) is 6.07 Å². The summed E-state index contributed by atoms with van der Waals surface area (Å²) in [6, 6.07) is 6.72. The monoisotopic (exact) mass is 323 g/mol. The second-order valence-corrected chi connectivity index (χ2v) is 4.62. The Labute approximate surface area is 130 Å². The minimum Gasteiger partial charge on any atom is -0.441 e. The normalized spacial score (nSPS) is 10.1. The van der Waals surface area contributed by atoms with E-state index in [9.17, 15) is 14.0 Å². The van der Waals surface area contributed by atoms with Gasteiger partial charge in [-0.3, -0.25) is 10.1 Å². The van der Waals surface area contributed by atoms with Crippen molar-refractivity contribution in [1.29, 1.82) is 0 Å². The number of nitrogen functional groups attached to an aromatic ring is 1. The van der Waals surface area contributed by atoms with E-state index in [1.165, 1.54) is 30.5 Å². The number of ether oxygens (including phenoxy) is 1. The van der Waals surface area contributed by atoms with Crippen molar-refractivity contribution in [3.05, 3.63) is 52.9 Å². The molecule has 0 atom stereocenters. The summed E-state index contributed by atoms with van der Waals surface area (Å²) in [6.45, 7) is -0.545. The lowest BCUT2D eigenvalue weighted by Crippen LogP contribution is -2.20. The van der Waals surface area contributed by atoms with Crippen LogP contribution in [0.3, 0.4) is 0 Å². The largest absolute Gasteiger partial charge is 0.441 e. The van der Waals surface area contributed by atoms with Gasteiger partial charge in [0, 0.05) is 11.2 Å². The topological polar surface area (TPSA) is 94.3 Å². The summed E-state index contributed by atoms with van der Waals surface area (Å²) in [5.74, 6) is -1.19. The third-order valence-corrected chi connectivity index (χ3v) is 2.88. The molecule has 22 heavy (non-hydrogen) atoms. The SMILES string of the molecule is Nc1ncccc1C(=O)COC(=O)Nc1ccc(Cl)cc1F. The number of nitrogens with two attached hydrogens (primary N) is 1. The molecule has 2 aromatic rings. The molecule has 6 nitrogen and oxygen atoms in total. The molecule has 3 N–H and O–H groups in total. The van der Waals surface area contributed by atoms with Crippen LogP contribution in [0, 0.1) is 5.82 Å². The number of halogens is 2. The number of aromatic nitrogens is 1. The number of benzene rings is 1. The van der Waals surface area contributed by atoms with Gasteiger partial charge in [-0.05, 0) is 30.3 Å². The van der Waals surface area contributed by atoms with Crippen LogP contribution in [-0.2, 0) is 4.74 Å². The highest BCUT2D eigenvalue weighted by atomic mass is 35.5. The third kappa shape index (κ3) is 3.92. The van der Waals surface area contributed by atoms with Gasteiger partial charge in [-0.15, -0.1) is 0 Å². The fourth-order valence-corrected chi connectivity index (χ4v) is 1.76.